The Hall–Kier alpha value is -1.10. The molecule has 1 rings (SSSR count). The average Bonchev–Trinajstić information content (AvgIpc) is 2.44. The highest BCUT2D eigenvalue weighted by atomic mass is 16.4. The Bertz CT molecular complexity index is 314. The van der Waals surface area contributed by atoms with Gasteiger partial charge in [-0.1, -0.05) is 26.7 Å². The second-order valence-corrected chi connectivity index (χ2v) is 5.89. The maximum atomic E-state index is 12.0. The predicted molar refractivity (Wildman–Crippen MR) is 78.5 cm³/mol. The van der Waals surface area contributed by atoms with Crippen LogP contribution in [0.2, 0.25) is 0 Å². The first kappa shape index (κ1) is 17.0. The van der Waals surface area contributed by atoms with E-state index in [1.54, 1.807) is 0 Å². The normalized spacial score (nSPS) is 22.0. The monoisotopic (exact) mass is 284 g/mol. The molecule has 5 heteroatoms. The molecule has 116 valence electrons. The Morgan fingerprint density at radius 1 is 1.45 bits per heavy atom. The van der Waals surface area contributed by atoms with Crippen molar-refractivity contribution in [3.8, 4) is 0 Å². The van der Waals surface area contributed by atoms with E-state index in [-0.39, 0.29) is 5.91 Å². The Morgan fingerprint density at radius 2 is 2.20 bits per heavy atom. The van der Waals surface area contributed by atoms with Crippen molar-refractivity contribution in [3.63, 3.8) is 0 Å². The molecular weight excluding hydrogens is 256 g/mol. The van der Waals surface area contributed by atoms with Gasteiger partial charge in [-0.15, -0.1) is 0 Å². The van der Waals surface area contributed by atoms with E-state index < -0.39 is 12.0 Å². The number of amides is 1. The molecule has 3 atom stereocenters. The van der Waals surface area contributed by atoms with Crippen LogP contribution in [0.3, 0.4) is 0 Å². The van der Waals surface area contributed by atoms with Crippen molar-refractivity contribution >= 4 is 11.9 Å². The van der Waals surface area contributed by atoms with Crippen LogP contribution >= 0.6 is 0 Å². The molecule has 1 fully saturated rings. The highest BCUT2D eigenvalue weighted by Crippen LogP contribution is 2.22. The van der Waals surface area contributed by atoms with Crippen molar-refractivity contribution in [1.82, 2.24) is 10.6 Å². The van der Waals surface area contributed by atoms with Crippen LogP contribution < -0.4 is 10.6 Å². The minimum atomic E-state index is -0.932. The molecule has 1 amide bonds. The van der Waals surface area contributed by atoms with Crippen molar-refractivity contribution < 1.29 is 14.7 Å². The molecule has 0 aromatic heterocycles. The summed E-state index contributed by atoms with van der Waals surface area (Å²) in [6, 6.07) is -0.737. The van der Waals surface area contributed by atoms with Crippen LogP contribution in [0.5, 0.6) is 0 Å². The Kier molecular flexibility index (Phi) is 7.59. The third-order valence-electron chi connectivity index (χ3n) is 4.13. The van der Waals surface area contributed by atoms with Crippen molar-refractivity contribution in [2.75, 3.05) is 13.1 Å². The zero-order valence-corrected chi connectivity index (χ0v) is 12.7. The molecule has 0 saturated carbocycles. The van der Waals surface area contributed by atoms with Crippen LogP contribution in [0.4, 0.5) is 0 Å². The molecule has 1 aliphatic rings. The molecule has 0 spiro atoms. The number of carbonyl (C=O) groups is 2. The summed E-state index contributed by atoms with van der Waals surface area (Å²) < 4.78 is 0. The lowest BCUT2D eigenvalue weighted by Crippen LogP contribution is -2.42. The van der Waals surface area contributed by atoms with Gasteiger partial charge in [-0.2, -0.15) is 0 Å². The van der Waals surface area contributed by atoms with Crippen molar-refractivity contribution in [3.05, 3.63) is 0 Å². The number of carboxylic acids is 1. The van der Waals surface area contributed by atoms with E-state index in [1.165, 1.54) is 0 Å². The molecule has 20 heavy (non-hydrogen) atoms. The summed E-state index contributed by atoms with van der Waals surface area (Å²) in [5.74, 6) is -0.248. The number of nitrogens with one attached hydrogen (secondary N) is 2. The fourth-order valence-corrected chi connectivity index (χ4v) is 2.74. The van der Waals surface area contributed by atoms with Gasteiger partial charge in [-0.05, 0) is 44.2 Å². The minimum absolute atomic E-state index is 0.133. The molecule has 0 aromatic carbocycles. The maximum absolute atomic E-state index is 12.0. The molecule has 3 N–H and O–H groups in total. The standard InChI is InChI=1S/C15H28N2O3/c1-3-4-7-13(15(19)20)17-14(18)9-11(2)12-6-5-8-16-10-12/h11-13,16H,3-10H2,1-2H3,(H,17,18)(H,19,20)/t11?,12?,13-/m0/s1. The quantitative estimate of drug-likeness (QED) is 0.635. The van der Waals surface area contributed by atoms with E-state index >= 15 is 0 Å². The van der Waals surface area contributed by atoms with Gasteiger partial charge in [0.05, 0.1) is 0 Å². The zero-order valence-electron chi connectivity index (χ0n) is 12.7. The third-order valence-corrected chi connectivity index (χ3v) is 4.13. The van der Waals surface area contributed by atoms with E-state index in [2.05, 4.69) is 17.6 Å². The first-order valence-electron chi connectivity index (χ1n) is 7.77. The highest BCUT2D eigenvalue weighted by Gasteiger charge is 2.24. The average molecular weight is 284 g/mol. The molecular formula is C15H28N2O3. The topological polar surface area (TPSA) is 78.4 Å². The van der Waals surface area contributed by atoms with E-state index in [0.717, 1.165) is 38.8 Å². The van der Waals surface area contributed by atoms with Crippen LogP contribution in [0.15, 0.2) is 0 Å². The summed E-state index contributed by atoms with van der Waals surface area (Å²) in [4.78, 5) is 23.1. The first-order chi connectivity index (χ1) is 9.54. The number of aliphatic carboxylic acids is 1. The number of hydrogen-bond donors (Lipinski definition) is 3. The molecule has 5 nitrogen and oxygen atoms in total. The van der Waals surface area contributed by atoms with Crippen molar-refractivity contribution in [1.29, 1.82) is 0 Å². The number of hydrogen-bond acceptors (Lipinski definition) is 3. The van der Waals surface area contributed by atoms with Gasteiger partial charge in [0.2, 0.25) is 5.91 Å². The lowest BCUT2D eigenvalue weighted by molar-refractivity contribution is -0.142. The zero-order chi connectivity index (χ0) is 15.0. The van der Waals surface area contributed by atoms with Crippen LogP contribution in [-0.2, 0) is 9.59 Å². The van der Waals surface area contributed by atoms with Gasteiger partial charge in [-0.3, -0.25) is 4.79 Å². The minimum Gasteiger partial charge on any atom is -0.480 e. The van der Waals surface area contributed by atoms with Gasteiger partial charge in [-0.25, -0.2) is 4.79 Å². The summed E-state index contributed by atoms with van der Waals surface area (Å²) in [5, 5.41) is 15.1. The second-order valence-electron chi connectivity index (χ2n) is 5.89. The molecule has 2 unspecified atom stereocenters. The van der Waals surface area contributed by atoms with Gasteiger partial charge in [0, 0.05) is 6.42 Å². The fraction of sp³-hybridized carbons (Fsp3) is 0.867. The Balaban J connectivity index is 2.37. The first-order valence-corrected chi connectivity index (χ1v) is 7.77. The molecule has 0 radical (unpaired) electrons. The number of rotatable bonds is 8. The molecule has 0 aromatic rings. The van der Waals surface area contributed by atoms with Gasteiger partial charge in [0.25, 0.3) is 0 Å². The van der Waals surface area contributed by atoms with E-state index in [0.29, 0.717) is 24.7 Å². The number of carboxylic acid groups (broad SMARTS) is 1. The van der Waals surface area contributed by atoms with Gasteiger partial charge >= 0.3 is 5.97 Å². The van der Waals surface area contributed by atoms with Gasteiger partial charge in [0.1, 0.15) is 6.04 Å². The Labute approximate surface area is 121 Å². The predicted octanol–water partition coefficient (Wildman–Crippen LogP) is 1.77. The van der Waals surface area contributed by atoms with E-state index in [4.69, 9.17) is 5.11 Å². The number of unbranched alkanes of at least 4 members (excludes halogenated alkanes) is 1. The van der Waals surface area contributed by atoms with Gasteiger partial charge in [0.15, 0.2) is 0 Å². The Morgan fingerprint density at radius 3 is 2.75 bits per heavy atom. The lowest BCUT2D eigenvalue weighted by Gasteiger charge is -2.28. The van der Waals surface area contributed by atoms with Crippen molar-refractivity contribution in [2.24, 2.45) is 11.8 Å². The molecule has 0 bridgehead atoms. The van der Waals surface area contributed by atoms with E-state index in [1.807, 2.05) is 6.92 Å². The van der Waals surface area contributed by atoms with Crippen LogP contribution in [-0.4, -0.2) is 36.1 Å². The largest absolute Gasteiger partial charge is 0.480 e. The summed E-state index contributed by atoms with van der Waals surface area (Å²) in [5.41, 5.74) is 0. The van der Waals surface area contributed by atoms with Crippen LogP contribution in [0.25, 0.3) is 0 Å². The summed E-state index contributed by atoms with van der Waals surface area (Å²) in [6.45, 7) is 6.12. The summed E-state index contributed by atoms with van der Waals surface area (Å²) in [6.07, 6.45) is 4.99. The van der Waals surface area contributed by atoms with Crippen molar-refractivity contribution in [2.45, 2.75) is 58.4 Å². The third kappa shape index (κ3) is 5.90. The van der Waals surface area contributed by atoms with Crippen LogP contribution in [0.1, 0.15) is 52.4 Å². The maximum Gasteiger partial charge on any atom is 0.326 e. The molecule has 1 aliphatic heterocycles. The fourth-order valence-electron chi connectivity index (χ4n) is 2.74. The summed E-state index contributed by atoms with van der Waals surface area (Å²) in [7, 11) is 0. The smallest absolute Gasteiger partial charge is 0.326 e. The second kappa shape index (κ2) is 8.95. The van der Waals surface area contributed by atoms with E-state index in [9.17, 15) is 9.59 Å². The van der Waals surface area contributed by atoms with Gasteiger partial charge < -0.3 is 15.7 Å². The lowest BCUT2D eigenvalue weighted by atomic mass is 9.85. The molecule has 1 saturated heterocycles. The molecule has 1 heterocycles. The number of piperidine rings is 1. The SMILES string of the molecule is CCCC[C@H](NC(=O)CC(C)C1CCCNC1)C(=O)O. The summed E-state index contributed by atoms with van der Waals surface area (Å²) >= 11 is 0. The highest BCUT2D eigenvalue weighted by molar-refractivity contribution is 5.83. The molecule has 0 aliphatic carbocycles. The number of carbonyl (C=O) groups excluding carboxylic acids is 1. The van der Waals surface area contributed by atoms with Crippen LogP contribution in [0, 0.1) is 11.8 Å².